The van der Waals surface area contributed by atoms with E-state index in [-0.39, 0.29) is 23.1 Å². The summed E-state index contributed by atoms with van der Waals surface area (Å²) in [4.78, 5) is 20.0. The second-order valence-electron chi connectivity index (χ2n) is 10.1. The van der Waals surface area contributed by atoms with Crippen LogP contribution in [0.4, 0.5) is 18.9 Å². The predicted molar refractivity (Wildman–Crippen MR) is 156 cm³/mol. The van der Waals surface area contributed by atoms with Crippen LogP contribution in [0.3, 0.4) is 0 Å². The van der Waals surface area contributed by atoms with Gasteiger partial charge in [0.1, 0.15) is 10.5 Å². The van der Waals surface area contributed by atoms with Crippen LogP contribution < -0.4 is 0 Å². The topological polar surface area (TPSA) is 93.6 Å². The average Bonchev–Trinajstić information content (AvgIpc) is 3.73. The van der Waals surface area contributed by atoms with Gasteiger partial charge in [-0.05, 0) is 23.8 Å². The summed E-state index contributed by atoms with van der Waals surface area (Å²) in [6.45, 7) is 0.141. The lowest BCUT2D eigenvalue weighted by atomic mass is 9.80. The molecule has 2 unspecified atom stereocenters. The van der Waals surface area contributed by atoms with Gasteiger partial charge in [-0.2, -0.15) is 13.2 Å². The minimum atomic E-state index is -5.13. The largest absolute Gasteiger partial charge is 0.421 e. The SMILES string of the molecule is O=[N+]([O-])c1ccc2c(C(O)(CC3(c4nc(-c5ccccc5)cs4)C=CC=N3)C(F)(F)F)cn(Cc3ccccc3)c2c1. The third-order valence-electron chi connectivity index (χ3n) is 7.42. The Balaban J connectivity index is 1.50. The number of nitro groups is 1. The van der Waals surface area contributed by atoms with E-state index in [1.807, 2.05) is 36.4 Å². The second kappa shape index (κ2) is 10.3. The maximum atomic E-state index is 15.1. The molecule has 7 nitrogen and oxygen atoms in total. The highest BCUT2D eigenvalue weighted by Gasteiger charge is 2.60. The Morgan fingerprint density at radius 2 is 1.74 bits per heavy atom. The van der Waals surface area contributed by atoms with Crippen molar-refractivity contribution in [2.75, 3.05) is 0 Å². The molecule has 0 fully saturated rings. The standard InChI is InChI=1S/C31H23F3N4O3S/c32-31(33,34)30(39,20-29(14-7-15-35-29)28-36-26(19-42-28)22-10-5-2-6-11-22)25-18-37(17-21-8-3-1-4-9-21)27-16-23(38(40)41)12-13-24(25)27/h1-16,18-19,39H,17,20H2. The number of fused-ring (bicyclic) bond motifs is 1. The van der Waals surface area contributed by atoms with Crippen LogP contribution in [0.15, 0.2) is 108 Å². The summed E-state index contributed by atoms with van der Waals surface area (Å²) in [6.07, 6.45) is -0.294. The van der Waals surface area contributed by atoms with Gasteiger partial charge in [0, 0.05) is 59.4 Å². The lowest BCUT2D eigenvalue weighted by Gasteiger charge is -2.36. The second-order valence-corrected chi connectivity index (χ2v) is 11.0. The van der Waals surface area contributed by atoms with Gasteiger partial charge in [0.2, 0.25) is 0 Å². The Morgan fingerprint density at radius 3 is 2.38 bits per heavy atom. The fraction of sp³-hybridized carbons (Fsp3) is 0.161. The number of allylic oxidation sites excluding steroid dienone is 1. The van der Waals surface area contributed by atoms with E-state index in [0.29, 0.717) is 10.7 Å². The Morgan fingerprint density at radius 1 is 1.02 bits per heavy atom. The quantitative estimate of drug-likeness (QED) is 0.151. The van der Waals surface area contributed by atoms with Crippen LogP contribution in [0.2, 0.25) is 0 Å². The summed E-state index contributed by atoms with van der Waals surface area (Å²) in [5, 5.41) is 25.4. The number of aliphatic hydroxyl groups is 1. The molecule has 3 aromatic carbocycles. The van der Waals surface area contributed by atoms with Crippen LogP contribution in [0, 0.1) is 10.1 Å². The van der Waals surface area contributed by atoms with Crippen LogP contribution in [0.1, 0.15) is 22.6 Å². The summed E-state index contributed by atoms with van der Waals surface area (Å²) < 4.78 is 46.8. The van der Waals surface area contributed by atoms with Crippen molar-refractivity contribution in [3.8, 4) is 11.3 Å². The highest BCUT2D eigenvalue weighted by molar-refractivity contribution is 7.10. The fourth-order valence-electron chi connectivity index (χ4n) is 5.31. The molecule has 3 heterocycles. The molecule has 0 radical (unpaired) electrons. The number of aliphatic imine (C=N–C) groups is 1. The van der Waals surface area contributed by atoms with Gasteiger partial charge < -0.3 is 9.67 Å². The molecule has 42 heavy (non-hydrogen) atoms. The summed E-state index contributed by atoms with van der Waals surface area (Å²) >= 11 is 1.17. The van der Waals surface area contributed by atoms with E-state index in [1.54, 1.807) is 35.7 Å². The van der Waals surface area contributed by atoms with Crippen molar-refractivity contribution in [2.45, 2.75) is 30.3 Å². The van der Waals surface area contributed by atoms with Crippen LogP contribution in [0.25, 0.3) is 22.2 Å². The molecular formula is C31H23F3N4O3S. The van der Waals surface area contributed by atoms with Crippen molar-refractivity contribution >= 4 is 34.1 Å². The summed E-state index contributed by atoms with van der Waals surface area (Å²) in [5.74, 6) is 0. The smallest absolute Gasteiger partial charge is 0.376 e. The molecule has 1 aliphatic heterocycles. The van der Waals surface area contributed by atoms with E-state index in [0.717, 1.165) is 17.2 Å². The number of non-ortho nitro benzene ring substituents is 1. The Bertz CT molecular complexity index is 1820. The monoisotopic (exact) mass is 588 g/mol. The molecule has 0 aliphatic carbocycles. The Hall–Kier alpha value is -4.61. The number of thiazole rings is 1. The van der Waals surface area contributed by atoms with Gasteiger partial charge in [-0.1, -0.05) is 60.7 Å². The molecule has 2 atom stereocenters. The number of alkyl halides is 3. The number of nitrogens with zero attached hydrogens (tertiary/aromatic N) is 4. The molecule has 0 spiro atoms. The number of rotatable bonds is 8. The van der Waals surface area contributed by atoms with Gasteiger partial charge in [-0.25, -0.2) is 4.98 Å². The minimum absolute atomic E-state index is 0.0570. The normalized spacial score (nSPS) is 18.0. The Kier molecular flexibility index (Phi) is 6.78. The van der Waals surface area contributed by atoms with Gasteiger partial charge in [-0.3, -0.25) is 15.1 Å². The van der Waals surface area contributed by atoms with E-state index < -0.39 is 34.2 Å². The molecule has 6 rings (SSSR count). The van der Waals surface area contributed by atoms with E-state index in [2.05, 4.69) is 9.98 Å². The molecule has 0 saturated carbocycles. The molecule has 0 amide bonds. The van der Waals surface area contributed by atoms with Crippen molar-refractivity contribution in [1.82, 2.24) is 9.55 Å². The predicted octanol–water partition coefficient (Wildman–Crippen LogP) is 7.40. The number of nitro benzene ring substituents is 1. The van der Waals surface area contributed by atoms with Gasteiger partial charge in [-0.15, -0.1) is 11.3 Å². The van der Waals surface area contributed by atoms with Crippen LogP contribution in [0.5, 0.6) is 0 Å². The third-order valence-corrected chi connectivity index (χ3v) is 8.43. The van der Waals surface area contributed by atoms with Crippen LogP contribution in [-0.2, 0) is 17.7 Å². The number of hydrogen-bond donors (Lipinski definition) is 1. The maximum Gasteiger partial charge on any atom is 0.421 e. The molecule has 0 bridgehead atoms. The molecular weight excluding hydrogens is 565 g/mol. The van der Waals surface area contributed by atoms with Crippen molar-refractivity contribution in [2.24, 2.45) is 4.99 Å². The van der Waals surface area contributed by atoms with E-state index in [9.17, 15) is 15.2 Å². The molecule has 5 aromatic rings. The van der Waals surface area contributed by atoms with Crippen LogP contribution in [-0.4, -0.2) is 32.0 Å². The maximum absolute atomic E-state index is 15.1. The van der Waals surface area contributed by atoms with Crippen molar-refractivity contribution < 1.29 is 23.2 Å². The fourth-order valence-corrected chi connectivity index (χ4v) is 6.27. The average molecular weight is 589 g/mol. The van der Waals surface area contributed by atoms with Gasteiger partial charge >= 0.3 is 6.18 Å². The van der Waals surface area contributed by atoms with E-state index >= 15 is 13.2 Å². The zero-order valence-corrected chi connectivity index (χ0v) is 22.7. The molecule has 212 valence electrons. The third kappa shape index (κ3) is 4.80. The zero-order valence-electron chi connectivity index (χ0n) is 21.9. The first-order valence-electron chi connectivity index (χ1n) is 12.9. The molecule has 11 heteroatoms. The first kappa shape index (κ1) is 27.6. The number of hydrogen-bond acceptors (Lipinski definition) is 6. The van der Waals surface area contributed by atoms with Crippen LogP contribution >= 0.6 is 11.3 Å². The van der Waals surface area contributed by atoms with Gasteiger partial charge in [0.25, 0.3) is 5.69 Å². The van der Waals surface area contributed by atoms with Crippen molar-refractivity contribution in [1.29, 1.82) is 0 Å². The Labute approximate surface area is 242 Å². The minimum Gasteiger partial charge on any atom is -0.376 e. The van der Waals surface area contributed by atoms with Gasteiger partial charge in [0.15, 0.2) is 5.60 Å². The summed E-state index contributed by atoms with van der Waals surface area (Å²) in [6, 6.07) is 21.9. The highest BCUT2D eigenvalue weighted by atomic mass is 32.1. The molecule has 1 aliphatic rings. The van der Waals surface area contributed by atoms with Gasteiger partial charge in [0.05, 0.1) is 16.1 Å². The summed E-state index contributed by atoms with van der Waals surface area (Å²) in [7, 11) is 0. The molecule has 1 N–H and O–H groups in total. The van der Waals surface area contributed by atoms with Crippen molar-refractivity contribution in [3.63, 3.8) is 0 Å². The lowest BCUT2D eigenvalue weighted by Crippen LogP contribution is -2.46. The first-order chi connectivity index (χ1) is 20.1. The highest BCUT2D eigenvalue weighted by Crippen LogP contribution is 2.52. The molecule has 2 aromatic heterocycles. The first-order valence-corrected chi connectivity index (χ1v) is 13.8. The summed E-state index contributed by atoms with van der Waals surface area (Å²) in [5.41, 5.74) is -3.28. The molecule has 0 saturated heterocycles. The zero-order chi connectivity index (χ0) is 29.5. The number of benzene rings is 3. The lowest BCUT2D eigenvalue weighted by molar-refractivity contribution is -0.384. The van der Waals surface area contributed by atoms with Crippen molar-refractivity contribution in [3.05, 3.63) is 129 Å². The van der Waals surface area contributed by atoms with E-state index in [1.165, 1.54) is 46.5 Å². The van der Waals surface area contributed by atoms with E-state index in [4.69, 9.17) is 0 Å². The number of aromatic nitrogens is 2. The number of halogens is 3.